The standard InChI is InChI=1S/C57H38N4/c1-6-17-39(18-7-1)40-29-33-42(34-30-40)51-38-52(59-57(58-51)47-25-14-5-15-26-47)43-35-31-41(32-36-43)48-27-16-28-49-50(48)37-53(44-19-8-2-9-20-44)61-56(49)54(45-21-10-3-11-22-45)55(60-61)46-23-12-4-13-24-46/h1-38H. The number of aromatic nitrogens is 4. The van der Waals surface area contributed by atoms with E-state index in [1.165, 1.54) is 11.1 Å². The fourth-order valence-electron chi connectivity index (χ4n) is 8.45. The van der Waals surface area contributed by atoms with Crippen LogP contribution in [0.4, 0.5) is 0 Å². The van der Waals surface area contributed by atoms with Crippen LogP contribution >= 0.6 is 0 Å². The molecule has 0 spiro atoms. The van der Waals surface area contributed by atoms with Gasteiger partial charge in [0.25, 0.3) is 0 Å². The normalized spacial score (nSPS) is 11.3. The lowest BCUT2D eigenvalue weighted by Crippen LogP contribution is -1.97. The molecule has 0 atom stereocenters. The van der Waals surface area contributed by atoms with Crippen molar-refractivity contribution in [2.45, 2.75) is 0 Å². The minimum atomic E-state index is 0.695. The van der Waals surface area contributed by atoms with Gasteiger partial charge in [-0.2, -0.15) is 5.10 Å². The quantitative estimate of drug-likeness (QED) is 0.154. The molecule has 4 nitrogen and oxygen atoms in total. The van der Waals surface area contributed by atoms with Crippen LogP contribution in [-0.4, -0.2) is 19.6 Å². The Hall–Kier alpha value is -8.21. The summed E-state index contributed by atoms with van der Waals surface area (Å²) in [6, 6.07) is 81.0. The van der Waals surface area contributed by atoms with Gasteiger partial charge in [0, 0.05) is 38.8 Å². The van der Waals surface area contributed by atoms with Crippen LogP contribution in [0.15, 0.2) is 231 Å². The molecule has 3 heterocycles. The van der Waals surface area contributed by atoms with Gasteiger partial charge >= 0.3 is 0 Å². The van der Waals surface area contributed by atoms with E-state index in [-0.39, 0.29) is 0 Å². The Morgan fingerprint density at radius 1 is 0.311 bits per heavy atom. The van der Waals surface area contributed by atoms with Crippen molar-refractivity contribution in [3.63, 3.8) is 0 Å². The summed E-state index contributed by atoms with van der Waals surface area (Å²) in [5, 5.41) is 7.71. The van der Waals surface area contributed by atoms with Crippen molar-refractivity contribution in [2.75, 3.05) is 0 Å². The van der Waals surface area contributed by atoms with Crippen molar-refractivity contribution >= 4 is 16.3 Å². The second kappa shape index (κ2) is 15.5. The van der Waals surface area contributed by atoms with E-state index in [4.69, 9.17) is 15.1 Å². The highest BCUT2D eigenvalue weighted by atomic mass is 15.2. The Balaban J connectivity index is 1.06. The highest BCUT2D eigenvalue weighted by molar-refractivity contribution is 6.12. The number of rotatable bonds is 8. The third-order valence-corrected chi connectivity index (χ3v) is 11.5. The average Bonchev–Trinajstić information content (AvgIpc) is 3.76. The molecule has 0 amide bonds. The summed E-state index contributed by atoms with van der Waals surface area (Å²) in [7, 11) is 0. The molecule has 286 valence electrons. The summed E-state index contributed by atoms with van der Waals surface area (Å²) in [5.41, 5.74) is 16.9. The molecule has 8 aromatic carbocycles. The van der Waals surface area contributed by atoms with Crippen molar-refractivity contribution < 1.29 is 0 Å². The zero-order valence-electron chi connectivity index (χ0n) is 33.2. The number of hydrogen-bond donors (Lipinski definition) is 0. The lowest BCUT2D eigenvalue weighted by atomic mass is 9.93. The Kier molecular flexibility index (Phi) is 9.14. The topological polar surface area (TPSA) is 43.1 Å². The van der Waals surface area contributed by atoms with Crippen LogP contribution in [0.5, 0.6) is 0 Å². The van der Waals surface area contributed by atoms with Crippen LogP contribution in [0.1, 0.15) is 0 Å². The predicted molar refractivity (Wildman–Crippen MR) is 252 cm³/mol. The highest BCUT2D eigenvalue weighted by Crippen LogP contribution is 2.43. The molecular formula is C57H38N4. The number of pyridine rings is 1. The smallest absolute Gasteiger partial charge is 0.160 e. The van der Waals surface area contributed by atoms with E-state index in [1.807, 2.05) is 24.3 Å². The van der Waals surface area contributed by atoms with Crippen LogP contribution in [-0.2, 0) is 0 Å². The van der Waals surface area contributed by atoms with E-state index >= 15 is 0 Å². The molecule has 3 aromatic heterocycles. The van der Waals surface area contributed by atoms with Gasteiger partial charge in [-0.3, -0.25) is 0 Å². The maximum Gasteiger partial charge on any atom is 0.160 e. The minimum absolute atomic E-state index is 0.695. The van der Waals surface area contributed by atoms with Crippen LogP contribution < -0.4 is 0 Å². The summed E-state index contributed by atoms with van der Waals surface area (Å²) >= 11 is 0. The Morgan fingerprint density at radius 2 is 0.770 bits per heavy atom. The molecule has 0 saturated carbocycles. The molecule has 0 aliphatic rings. The van der Waals surface area contributed by atoms with Crippen molar-refractivity contribution in [3.8, 4) is 89.8 Å². The molecule has 0 unspecified atom stereocenters. The van der Waals surface area contributed by atoms with Crippen LogP contribution in [0.2, 0.25) is 0 Å². The molecule has 11 rings (SSSR count). The lowest BCUT2D eigenvalue weighted by Gasteiger charge is -2.14. The van der Waals surface area contributed by atoms with E-state index in [0.29, 0.717) is 5.82 Å². The fourth-order valence-corrected chi connectivity index (χ4v) is 8.45. The SMILES string of the molecule is c1ccc(-c2ccc(-c3cc(-c4ccc(-c5cccc6c5cc(-c5ccccc5)n5nc(-c7ccccc7)c(-c7ccccc7)c65)cc4)nc(-c4ccccc4)n3)cc2)cc1. The summed E-state index contributed by atoms with van der Waals surface area (Å²) in [5.74, 6) is 0.695. The molecule has 4 heteroatoms. The van der Waals surface area contributed by atoms with Gasteiger partial charge in [-0.25, -0.2) is 14.5 Å². The first kappa shape index (κ1) is 35.9. The Labute approximate surface area is 354 Å². The Bertz CT molecular complexity index is 3290. The number of benzene rings is 8. The first-order chi connectivity index (χ1) is 30.2. The van der Waals surface area contributed by atoms with Gasteiger partial charge < -0.3 is 0 Å². The molecule has 0 radical (unpaired) electrons. The third kappa shape index (κ3) is 6.76. The minimum Gasteiger partial charge on any atom is -0.231 e. The molecule has 11 aromatic rings. The van der Waals surface area contributed by atoms with E-state index in [2.05, 4.69) is 211 Å². The maximum absolute atomic E-state index is 5.41. The zero-order chi connectivity index (χ0) is 40.5. The van der Waals surface area contributed by atoms with Gasteiger partial charge in [-0.05, 0) is 45.3 Å². The molecule has 0 aliphatic carbocycles. The van der Waals surface area contributed by atoms with E-state index in [0.717, 1.165) is 89.1 Å². The third-order valence-electron chi connectivity index (χ3n) is 11.5. The molecule has 0 N–H and O–H groups in total. The first-order valence-electron chi connectivity index (χ1n) is 20.6. The van der Waals surface area contributed by atoms with Crippen molar-refractivity contribution in [1.82, 2.24) is 19.6 Å². The van der Waals surface area contributed by atoms with Crippen LogP contribution in [0.25, 0.3) is 106 Å². The second-order valence-corrected chi connectivity index (χ2v) is 15.2. The fraction of sp³-hybridized carbons (Fsp3) is 0. The summed E-state index contributed by atoms with van der Waals surface area (Å²) in [6.07, 6.45) is 0. The zero-order valence-corrected chi connectivity index (χ0v) is 33.2. The van der Waals surface area contributed by atoms with Gasteiger partial charge in [0.1, 0.15) is 5.69 Å². The number of nitrogens with zero attached hydrogens (tertiary/aromatic N) is 4. The van der Waals surface area contributed by atoms with E-state index < -0.39 is 0 Å². The maximum atomic E-state index is 5.41. The number of hydrogen-bond acceptors (Lipinski definition) is 3. The van der Waals surface area contributed by atoms with Crippen molar-refractivity contribution in [1.29, 1.82) is 0 Å². The molecule has 0 fully saturated rings. The molecule has 0 bridgehead atoms. The second-order valence-electron chi connectivity index (χ2n) is 15.2. The summed E-state index contributed by atoms with van der Waals surface area (Å²) < 4.78 is 2.15. The van der Waals surface area contributed by atoms with E-state index in [9.17, 15) is 0 Å². The van der Waals surface area contributed by atoms with Crippen molar-refractivity contribution in [3.05, 3.63) is 231 Å². The van der Waals surface area contributed by atoms with Gasteiger partial charge in [0.2, 0.25) is 0 Å². The van der Waals surface area contributed by atoms with Crippen LogP contribution in [0.3, 0.4) is 0 Å². The lowest BCUT2D eigenvalue weighted by molar-refractivity contribution is 0.979. The summed E-state index contributed by atoms with van der Waals surface area (Å²) in [4.78, 5) is 10.2. The van der Waals surface area contributed by atoms with Gasteiger partial charge in [0.05, 0.1) is 22.6 Å². The molecular weight excluding hydrogens is 741 g/mol. The molecule has 0 saturated heterocycles. The average molecular weight is 779 g/mol. The number of fused-ring (bicyclic) bond motifs is 3. The largest absolute Gasteiger partial charge is 0.231 e. The molecule has 0 aliphatic heterocycles. The highest BCUT2D eigenvalue weighted by Gasteiger charge is 2.22. The van der Waals surface area contributed by atoms with E-state index in [1.54, 1.807) is 0 Å². The first-order valence-corrected chi connectivity index (χ1v) is 20.6. The van der Waals surface area contributed by atoms with Gasteiger partial charge in [-0.1, -0.05) is 218 Å². The summed E-state index contributed by atoms with van der Waals surface area (Å²) in [6.45, 7) is 0. The molecule has 61 heavy (non-hydrogen) atoms. The van der Waals surface area contributed by atoms with Gasteiger partial charge in [0.15, 0.2) is 5.82 Å². The monoisotopic (exact) mass is 778 g/mol. The Morgan fingerprint density at radius 3 is 1.34 bits per heavy atom. The van der Waals surface area contributed by atoms with Crippen molar-refractivity contribution in [2.24, 2.45) is 0 Å². The van der Waals surface area contributed by atoms with Gasteiger partial charge in [-0.15, -0.1) is 0 Å². The predicted octanol–water partition coefficient (Wildman–Crippen LogP) is 14.6. The van der Waals surface area contributed by atoms with Crippen LogP contribution in [0, 0.1) is 0 Å².